The minimum Gasteiger partial charge on any atom is -0.397 e. The highest BCUT2D eigenvalue weighted by atomic mass is 35.5. The maximum absolute atomic E-state index is 12.0. The van der Waals surface area contributed by atoms with Gasteiger partial charge >= 0.3 is 0 Å². The van der Waals surface area contributed by atoms with Gasteiger partial charge in [0.1, 0.15) is 0 Å². The van der Waals surface area contributed by atoms with Crippen molar-refractivity contribution in [2.45, 2.75) is 18.1 Å². The zero-order chi connectivity index (χ0) is 14.9. The van der Waals surface area contributed by atoms with Crippen LogP contribution in [-0.2, 0) is 9.84 Å². The lowest BCUT2D eigenvalue weighted by atomic mass is 10.2. The standard InChI is InChI=1S/C12H14Cl2N2O3S/c13-9-4-7(5-10(15)11(9)14)12(17)16-6-8-2-1-3-20(8,18)19/h4-5,8H,1-3,6,15H2,(H,16,17). The predicted molar refractivity (Wildman–Crippen MR) is 80.0 cm³/mol. The molecule has 0 radical (unpaired) electrons. The maximum Gasteiger partial charge on any atom is 0.251 e. The topological polar surface area (TPSA) is 89.3 Å². The van der Waals surface area contributed by atoms with E-state index in [1.807, 2.05) is 0 Å². The first kappa shape index (κ1) is 15.4. The number of rotatable bonds is 3. The first-order chi connectivity index (χ1) is 9.31. The lowest BCUT2D eigenvalue weighted by Crippen LogP contribution is -2.34. The monoisotopic (exact) mass is 336 g/mol. The van der Waals surface area contributed by atoms with Gasteiger partial charge in [0.2, 0.25) is 0 Å². The van der Waals surface area contributed by atoms with Gasteiger partial charge in [-0.15, -0.1) is 0 Å². The molecule has 8 heteroatoms. The fourth-order valence-corrected chi connectivity index (χ4v) is 4.24. The Morgan fingerprint density at radius 1 is 1.40 bits per heavy atom. The second-order valence-corrected chi connectivity index (χ2v) is 7.89. The Bertz CT molecular complexity index is 623. The van der Waals surface area contributed by atoms with Crippen molar-refractivity contribution in [1.82, 2.24) is 5.32 Å². The van der Waals surface area contributed by atoms with Crippen molar-refractivity contribution in [2.75, 3.05) is 18.0 Å². The van der Waals surface area contributed by atoms with Crippen LogP contribution in [0.4, 0.5) is 5.69 Å². The lowest BCUT2D eigenvalue weighted by Gasteiger charge is -2.11. The summed E-state index contributed by atoms with van der Waals surface area (Å²) in [7, 11) is -3.07. The molecular weight excluding hydrogens is 323 g/mol. The second-order valence-electron chi connectivity index (χ2n) is 4.70. The van der Waals surface area contributed by atoms with Crippen molar-refractivity contribution >= 4 is 44.6 Å². The minimum atomic E-state index is -3.07. The molecule has 1 aromatic rings. The van der Waals surface area contributed by atoms with E-state index in [4.69, 9.17) is 28.9 Å². The number of hydrogen-bond acceptors (Lipinski definition) is 4. The van der Waals surface area contributed by atoms with Crippen LogP contribution in [0.5, 0.6) is 0 Å². The fraction of sp³-hybridized carbons (Fsp3) is 0.417. The number of halogens is 2. The van der Waals surface area contributed by atoms with Gasteiger partial charge in [0.15, 0.2) is 9.84 Å². The van der Waals surface area contributed by atoms with Crippen LogP contribution >= 0.6 is 23.2 Å². The molecule has 0 aromatic heterocycles. The van der Waals surface area contributed by atoms with Crippen LogP contribution in [0.3, 0.4) is 0 Å². The average molecular weight is 337 g/mol. The van der Waals surface area contributed by atoms with Crippen molar-refractivity contribution in [3.05, 3.63) is 27.7 Å². The van der Waals surface area contributed by atoms with E-state index in [1.54, 1.807) is 0 Å². The summed E-state index contributed by atoms with van der Waals surface area (Å²) in [5, 5.41) is 2.47. The molecule has 1 atom stereocenters. The van der Waals surface area contributed by atoms with Crippen molar-refractivity contribution in [1.29, 1.82) is 0 Å². The fourth-order valence-electron chi connectivity index (χ4n) is 2.14. The van der Waals surface area contributed by atoms with Crippen LogP contribution in [0.15, 0.2) is 12.1 Å². The first-order valence-electron chi connectivity index (χ1n) is 6.05. The second kappa shape index (κ2) is 5.79. The molecule has 1 heterocycles. The van der Waals surface area contributed by atoms with Gasteiger partial charge < -0.3 is 11.1 Å². The Labute approximate surface area is 127 Å². The zero-order valence-electron chi connectivity index (χ0n) is 10.5. The maximum atomic E-state index is 12.0. The third kappa shape index (κ3) is 3.19. The van der Waals surface area contributed by atoms with Gasteiger partial charge in [0.25, 0.3) is 5.91 Å². The molecule has 1 unspecified atom stereocenters. The number of benzene rings is 1. The molecule has 1 aromatic carbocycles. The smallest absolute Gasteiger partial charge is 0.251 e. The van der Waals surface area contributed by atoms with Gasteiger partial charge in [0.05, 0.1) is 26.7 Å². The summed E-state index contributed by atoms with van der Waals surface area (Å²) >= 11 is 11.7. The van der Waals surface area contributed by atoms with E-state index in [2.05, 4.69) is 5.32 Å². The van der Waals surface area contributed by atoms with E-state index < -0.39 is 21.0 Å². The molecule has 20 heavy (non-hydrogen) atoms. The molecule has 1 aliphatic rings. The van der Waals surface area contributed by atoms with Crippen LogP contribution in [0, 0.1) is 0 Å². The number of hydrogen-bond donors (Lipinski definition) is 2. The Morgan fingerprint density at radius 3 is 2.65 bits per heavy atom. The van der Waals surface area contributed by atoms with E-state index >= 15 is 0 Å². The number of carbonyl (C=O) groups is 1. The molecule has 1 saturated heterocycles. The number of nitrogens with two attached hydrogens (primary N) is 1. The number of carbonyl (C=O) groups excluding carboxylic acids is 1. The SMILES string of the molecule is Nc1cc(C(=O)NCC2CCCS2(=O)=O)cc(Cl)c1Cl. The molecular formula is C12H14Cl2N2O3S. The summed E-state index contributed by atoms with van der Waals surface area (Å²) in [6, 6.07) is 2.81. The molecule has 0 bridgehead atoms. The average Bonchev–Trinajstić information content (AvgIpc) is 2.71. The largest absolute Gasteiger partial charge is 0.397 e. The Hall–Kier alpha value is -0.980. The molecule has 1 amide bonds. The summed E-state index contributed by atoms with van der Waals surface area (Å²) in [5.41, 5.74) is 6.09. The zero-order valence-corrected chi connectivity index (χ0v) is 12.9. The molecule has 3 N–H and O–H groups in total. The number of sulfone groups is 1. The number of amides is 1. The third-order valence-electron chi connectivity index (χ3n) is 3.27. The molecule has 5 nitrogen and oxygen atoms in total. The summed E-state index contributed by atoms with van der Waals surface area (Å²) in [6.45, 7) is 0.0985. The number of anilines is 1. The highest BCUT2D eigenvalue weighted by Crippen LogP contribution is 2.29. The van der Waals surface area contributed by atoms with Crippen molar-refractivity contribution in [2.24, 2.45) is 0 Å². The van der Waals surface area contributed by atoms with Crippen molar-refractivity contribution in [3.63, 3.8) is 0 Å². The number of nitrogen functional groups attached to an aromatic ring is 1. The molecule has 110 valence electrons. The highest BCUT2D eigenvalue weighted by Gasteiger charge is 2.31. The van der Waals surface area contributed by atoms with Crippen LogP contribution < -0.4 is 11.1 Å². The van der Waals surface area contributed by atoms with E-state index in [0.29, 0.717) is 12.8 Å². The Balaban J connectivity index is 2.06. The Kier molecular flexibility index (Phi) is 4.46. The molecule has 1 aliphatic heterocycles. The molecule has 0 aliphatic carbocycles. The van der Waals surface area contributed by atoms with Gasteiger partial charge in [-0.1, -0.05) is 23.2 Å². The van der Waals surface area contributed by atoms with E-state index in [9.17, 15) is 13.2 Å². The summed E-state index contributed by atoms with van der Waals surface area (Å²) < 4.78 is 23.3. The van der Waals surface area contributed by atoms with E-state index in [-0.39, 0.29) is 33.6 Å². The summed E-state index contributed by atoms with van der Waals surface area (Å²) in [4.78, 5) is 12.0. The van der Waals surface area contributed by atoms with Crippen molar-refractivity contribution < 1.29 is 13.2 Å². The molecule has 1 fully saturated rings. The normalized spacial score (nSPS) is 20.8. The van der Waals surface area contributed by atoms with Crippen LogP contribution in [-0.4, -0.2) is 31.9 Å². The number of nitrogens with one attached hydrogen (secondary N) is 1. The van der Waals surface area contributed by atoms with Gasteiger partial charge in [-0.2, -0.15) is 0 Å². The lowest BCUT2D eigenvalue weighted by molar-refractivity contribution is 0.0953. The van der Waals surface area contributed by atoms with Crippen LogP contribution in [0.1, 0.15) is 23.2 Å². The van der Waals surface area contributed by atoms with Crippen LogP contribution in [0.25, 0.3) is 0 Å². The summed E-state index contributed by atoms with van der Waals surface area (Å²) in [6.07, 6.45) is 1.22. The summed E-state index contributed by atoms with van der Waals surface area (Å²) in [5.74, 6) is -0.231. The molecule has 0 spiro atoms. The Morgan fingerprint density at radius 2 is 2.10 bits per heavy atom. The van der Waals surface area contributed by atoms with Gasteiger partial charge in [-0.25, -0.2) is 8.42 Å². The molecule has 2 rings (SSSR count). The van der Waals surface area contributed by atoms with E-state index in [1.165, 1.54) is 12.1 Å². The van der Waals surface area contributed by atoms with Gasteiger partial charge in [0, 0.05) is 12.1 Å². The molecule has 0 saturated carbocycles. The van der Waals surface area contributed by atoms with Crippen LogP contribution in [0.2, 0.25) is 10.0 Å². The van der Waals surface area contributed by atoms with Crippen molar-refractivity contribution in [3.8, 4) is 0 Å². The predicted octanol–water partition coefficient (Wildman–Crippen LogP) is 1.88. The quantitative estimate of drug-likeness (QED) is 0.824. The highest BCUT2D eigenvalue weighted by molar-refractivity contribution is 7.92. The minimum absolute atomic E-state index is 0.0985. The first-order valence-corrected chi connectivity index (χ1v) is 8.52. The van der Waals surface area contributed by atoms with Gasteiger partial charge in [-0.05, 0) is 25.0 Å². The van der Waals surface area contributed by atoms with E-state index in [0.717, 1.165) is 0 Å². The third-order valence-corrected chi connectivity index (χ3v) is 6.36. The van der Waals surface area contributed by atoms with Gasteiger partial charge in [-0.3, -0.25) is 4.79 Å².